The lowest BCUT2D eigenvalue weighted by Gasteiger charge is -2.14. The normalized spacial score (nSPS) is 21.2. The summed E-state index contributed by atoms with van der Waals surface area (Å²) in [5.41, 5.74) is -0.887. The third-order valence-electron chi connectivity index (χ3n) is 3.77. The van der Waals surface area contributed by atoms with E-state index in [2.05, 4.69) is 10.3 Å². The van der Waals surface area contributed by atoms with Gasteiger partial charge >= 0.3 is 11.8 Å². The molecule has 26 heavy (non-hydrogen) atoms. The second-order valence-corrected chi connectivity index (χ2v) is 5.87. The number of nitrogens with zero attached hydrogens (tertiary/aromatic N) is 2. The van der Waals surface area contributed by atoms with Crippen LogP contribution in [0.1, 0.15) is 45.8 Å². The van der Waals surface area contributed by atoms with Gasteiger partial charge in [-0.05, 0) is 13.3 Å². The summed E-state index contributed by atoms with van der Waals surface area (Å²) in [7, 11) is 0. The molecule has 0 aliphatic carbocycles. The first-order chi connectivity index (χ1) is 12.3. The number of hydrogen-bond donors (Lipinski definition) is 3. The SMILES string of the molecule is CCCCCOC(=O)Nc1nc(=O)n([C@H]2C[C@H](O)/C(=C(/C)O)O2)cc1F. The molecule has 1 aliphatic rings. The highest BCUT2D eigenvalue weighted by molar-refractivity contribution is 5.83. The van der Waals surface area contributed by atoms with Crippen molar-refractivity contribution >= 4 is 11.9 Å². The van der Waals surface area contributed by atoms with Crippen molar-refractivity contribution < 1.29 is 28.9 Å². The van der Waals surface area contributed by atoms with Crippen LogP contribution < -0.4 is 11.0 Å². The maximum Gasteiger partial charge on any atom is 0.412 e. The predicted octanol–water partition coefficient (Wildman–Crippen LogP) is 2.19. The Morgan fingerprint density at radius 3 is 2.88 bits per heavy atom. The molecule has 2 rings (SSSR count). The molecule has 0 unspecified atom stereocenters. The molecule has 1 aromatic rings. The Hall–Kier alpha value is -2.62. The summed E-state index contributed by atoms with van der Waals surface area (Å²) in [5, 5.41) is 21.3. The van der Waals surface area contributed by atoms with Crippen LogP contribution in [0.4, 0.5) is 15.0 Å². The van der Waals surface area contributed by atoms with Crippen LogP contribution in [0.25, 0.3) is 0 Å². The van der Waals surface area contributed by atoms with Crippen LogP contribution in [0.3, 0.4) is 0 Å². The number of amides is 1. The number of rotatable bonds is 6. The number of allylic oxidation sites excluding steroid dienone is 1. The smallest absolute Gasteiger partial charge is 0.412 e. The lowest BCUT2D eigenvalue weighted by Crippen LogP contribution is -2.29. The minimum atomic E-state index is -1.11. The van der Waals surface area contributed by atoms with E-state index >= 15 is 0 Å². The maximum atomic E-state index is 14.2. The van der Waals surface area contributed by atoms with Crippen molar-refractivity contribution in [2.45, 2.75) is 51.9 Å². The van der Waals surface area contributed by atoms with Gasteiger partial charge in [0.1, 0.15) is 11.9 Å². The molecule has 2 atom stereocenters. The molecule has 1 fully saturated rings. The third kappa shape index (κ3) is 4.72. The first kappa shape index (κ1) is 19.7. The Labute approximate surface area is 149 Å². The molecule has 1 amide bonds. The average Bonchev–Trinajstić information content (AvgIpc) is 2.96. The molecule has 1 saturated heterocycles. The van der Waals surface area contributed by atoms with Gasteiger partial charge in [0.15, 0.2) is 23.6 Å². The lowest BCUT2D eigenvalue weighted by atomic mass is 10.2. The summed E-state index contributed by atoms with van der Waals surface area (Å²) >= 11 is 0. The molecule has 144 valence electrons. The Kier molecular flexibility index (Phi) is 6.56. The number of carbonyl (C=O) groups excluding carboxylic acids is 1. The van der Waals surface area contributed by atoms with Crippen molar-refractivity contribution in [3.8, 4) is 0 Å². The third-order valence-corrected chi connectivity index (χ3v) is 3.77. The van der Waals surface area contributed by atoms with E-state index in [9.17, 15) is 24.2 Å². The number of carbonyl (C=O) groups is 1. The highest BCUT2D eigenvalue weighted by Crippen LogP contribution is 2.32. The number of aliphatic hydroxyl groups is 2. The number of nitrogens with one attached hydrogen (secondary N) is 1. The van der Waals surface area contributed by atoms with Gasteiger partial charge < -0.3 is 19.7 Å². The Morgan fingerprint density at radius 1 is 1.54 bits per heavy atom. The molecular formula is C16H22FN3O6. The van der Waals surface area contributed by atoms with Crippen LogP contribution >= 0.6 is 0 Å². The monoisotopic (exact) mass is 371 g/mol. The predicted molar refractivity (Wildman–Crippen MR) is 89.0 cm³/mol. The lowest BCUT2D eigenvalue weighted by molar-refractivity contribution is 0.0832. The number of ether oxygens (including phenoxy) is 2. The zero-order chi connectivity index (χ0) is 19.3. The fraction of sp³-hybridized carbons (Fsp3) is 0.562. The van der Waals surface area contributed by atoms with Crippen molar-refractivity contribution in [2.24, 2.45) is 0 Å². The number of aliphatic hydroxyl groups excluding tert-OH is 2. The van der Waals surface area contributed by atoms with Crippen LogP contribution in [-0.2, 0) is 9.47 Å². The fourth-order valence-corrected chi connectivity index (χ4v) is 2.46. The van der Waals surface area contributed by atoms with E-state index in [1.54, 1.807) is 0 Å². The molecule has 9 nitrogen and oxygen atoms in total. The van der Waals surface area contributed by atoms with Gasteiger partial charge in [-0.25, -0.2) is 14.0 Å². The van der Waals surface area contributed by atoms with E-state index in [1.807, 2.05) is 6.92 Å². The van der Waals surface area contributed by atoms with E-state index in [1.165, 1.54) is 6.92 Å². The second-order valence-electron chi connectivity index (χ2n) is 5.87. The van der Waals surface area contributed by atoms with E-state index in [0.717, 1.165) is 23.6 Å². The number of hydrogen-bond acceptors (Lipinski definition) is 7. The van der Waals surface area contributed by atoms with Gasteiger partial charge in [0.05, 0.1) is 12.8 Å². The number of anilines is 1. The van der Waals surface area contributed by atoms with E-state index < -0.39 is 35.7 Å². The summed E-state index contributed by atoms with van der Waals surface area (Å²) in [4.78, 5) is 27.2. The average molecular weight is 371 g/mol. The van der Waals surface area contributed by atoms with Crippen molar-refractivity contribution in [3.05, 3.63) is 34.0 Å². The minimum Gasteiger partial charge on any atom is -0.509 e. The zero-order valence-corrected chi connectivity index (χ0v) is 14.6. The van der Waals surface area contributed by atoms with E-state index in [4.69, 9.17) is 9.47 Å². The van der Waals surface area contributed by atoms with Crippen LogP contribution in [-0.4, -0.2) is 38.6 Å². The molecule has 0 radical (unpaired) electrons. The Morgan fingerprint density at radius 2 is 2.27 bits per heavy atom. The van der Waals surface area contributed by atoms with Gasteiger partial charge in [-0.2, -0.15) is 4.98 Å². The molecular weight excluding hydrogens is 349 g/mol. The molecule has 2 heterocycles. The van der Waals surface area contributed by atoms with Crippen molar-refractivity contribution in [1.82, 2.24) is 9.55 Å². The number of halogens is 1. The van der Waals surface area contributed by atoms with E-state index in [-0.39, 0.29) is 24.5 Å². The topological polar surface area (TPSA) is 123 Å². The first-order valence-electron chi connectivity index (χ1n) is 8.30. The molecule has 3 N–H and O–H groups in total. The molecule has 1 aliphatic heterocycles. The van der Waals surface area contributed by atoms with Crippen LogP contribution in [0.5, 0.6) is 0 Å². The standard InChI is InChI=1S/C16H22FN3O6/c1-3-4-5-6-25-16(24)19-14-10(17)8-20(15(23)18-14)12-7-11(22)13(26-12)9(2)21/h8,11-12,21-22H,3-7H2,1-2H3,(H,18,19,23,24)/b13-9+/t11-,12+/m0/s1. The highest BCUT2D eigenvalue weighted by Gasteiger charge is 2.33. The van der Waals surface area contributed by atoms with Gasteiger partial charge in [0.25, 0.3) is 0 Å². The molecule has 0 bridgehead atoms. The van der Waals surface area contributed by atoms with Gasteiger partial charge in [0.2, 0.25) is 0 Å². The Bertz CT molecular complexity index is 744. The van der Waals surface area contributed by atoms with Gasteiger partial charge in [-0.15, -0.1) is 0 Å². The van der Waals surface area contributed by atoms with Gasteiger partial charge in [-0.3, -0.25) is 9.88 Å². The quantitative estimate of drug-likeness (QED) is 0.517. The summed E-state index contributed by atoms with van der Waals surface area (Å²) in [5.74, 6) is -1.84. The van der Waals surface area contributed by atoms with Crippen molar-refractivity contribution in [3.63, 3.8) is 0 Å². The van der Waals surface area contributed by atoms with Crippen molar-refractivity contribution in [2.75, 3.05) is 11.9 Å². The summed E-state index contributed by atoms with van der Waals surface area (Å²) in [6.07, 6.45) is 0.260. The maximum absolute atomic E-state index is 14.2. The summed E-state index contributed by atoms with van der Waals surface area (Å²) < 4.78 is 25.2. The molecule has 1 aromatic heterocycles. The molecule has 0 spiro atoms. The van der Waals surface area contributed by atoms with E-state index in [0.29, 0.717) is 6.42 Å². The molecule has 10 heteroatoms. The van der Waals surface area contributed by atoms with Crippen LogP contribution in [0, 0.1) is 5.82 Å². The van der Waals surface area contributed by atoms with Crippen molar-refractivity contribution in [1.29, 1.82) is 0 Å². The highest BCUT2D eigenvalue weighted by atomic mass is 19.1. The molecule has 0 saturated carbocycles. The largest absolute Gasteiger partial charge is 0.509 e. The summed E-state index contributed by atoms with van der Waals surface area (Å²) in [6.45, 7) is 3.51. The summed E-state index contributed by atoms with van der Waals surface area (Å²) in [6, 6.07) is 0. The zero-order valence-electron chi connectivity index (χ0n) is 14.6. The van der Waals surface area contributed by atoms with Gasteiger partial charge in [0, 0.05) is 6.42 Å². The number of aromatic nitrogens is 2. The van der Waals surface area contributed by atoms with Crippen LogP contribution in [0.2, 0.25) is 0 Å². The fourth-order valence-electron chi connectivity index (χ4n) is 2.46. The minimum absolute atomic E-state index is 0.0551. The number of unbranched alkanes of at least 4 members (excludes halogenated alkanes) is 2. The van der Waals surface area contributed by atoms with Gasteiger partial charge in [-0.1, -0.05) is 19.8 Å². The second kappa shape index (κ2) is 8.65. The van der Waals surface area contributed by atoms with Crippen LogP contribution in [0.15, 0.2) is 22.5 Å². The Balaban J connectivity index is 2.08. The first-order valence-corrected chi connectivity index (χ1v) is 8.30. The molecule has 0 aromatic carbocycles.